The van der Waals surface area contributed by atoms with E-state index >= 15 is 0 Å². The van der Waals surface area contributed by atoms with Crippen molar-refractivity contribution >= 4 is 0 Å². The Labute approximate surface area is 102 Å². The zero-order valence-corrected chi connectivity index (χ0v) is 11.6. The van der Waals surface area contributed by atoms with Gasteiger partial charge in [0.25, 0.3) is 0 Å². The van der Waals surface area contributed by atoms with E-state index in [1.54, 1.807) is 5.57 Å². The number of hydrogen-bond donors (Lipinski definition) is 0. The van der Waals surface area contributed by atoms with E-state index in [0.717, 1.165) is 5.92 Å². The predicted molar refractivity (Wildman–Crippen MR) is 71.5 cm³/mol. The van der Waals surface area contributed by atoms with E-state index in [-0.39, 0.29) is 0 Å². The summed E-state index contributed by atoms with van der Waals surface area (Å²) in [6, 6.07) is 0. The summed E-state index contributed by atoms with van der Waals surface area (Å²) in [5, 5.41) is 0. The van der Waals surface area contributed by atoms with Gasteiger partial charge in [-0.15, -0.1) is 0 Å². The maximum atomic E-state index is 2.63. The molecule has 0 aromatic carbocycles. The average Bonchev–Trinajstić information content (AvgIpc) is 2.57. The number of fused-ring (bicyclic) bond motifs is 2. The largest absolute Gasteiger partial charge is 0.0811 e. The van der Waals surface area contributed by atoms with Gasteiger partial charge in [0.05, 0.1) is 0 Å². The molecule has 2 aliphatic rings. The van der Waals surface area contributed by atoms with Crippen LogP contribution in [0.3, 0.4) is 0 Å². The molecule has 2 rings (SSSR count). The quantitative estimate of drug-likeness (QED) is 0.433. The summed E-state index contributed by atoms with van der Waals surface area (Å²) < 4.78 is 0. The van der Waals surface area contributed by atoms with E-state index in [4.69, 9.17) is 0 Å². The van der Waals surface area contributed by atoms with E-state index in [0.29, 0.717) is 10.8 Å². The van der Waals surface area contributed by atoms with Gasteiger partial charge < -0.3 is 0 Å². The van der Waals surface area contributed by atoms with Crippen LogP contribution in [0.4, 0.5) is 0 Å². The van der Waals surface area contributed by atoms with Crippen LogP contribution in [-0.2, 0) is 0 Å². The highest BCUT2D eigenvalue weighted by Crippen LogP contribution is 2.65. The summed E-state index contributed by atoms with van der Waals surface area (Å²) in [4.78, 5) is 0. The van der Waals surface area contributed by atoms with Crippen molar-refractivity contribution in [2.75, 3.05) is 0 Å². The molecule has 0 radical (unpaired) electrons. The molecule has 0 nitrogen and oxygen atoms in total. The molecule has 0 heterocycles. The summed E-state index contributed by atoms with van der Waals surface area (Å²) in [5.74, 6) is 0.874. The van der Waals surface area contributed by atoms with E-state index in [9.17, 15) is 0 Å². The average molecular weight is 220 g/mol. The fourth-order valence-corrected chi connectivity index (χ4v) is 3.93. The zero-order chi connectivity index (χ0) is 11.8. The van der Waals surface area contributed by atoms with Gasteiger partial charge in [0, 0.05) is 0 Å². The Morgan fingerprint density at radius 1 is 1.19 bits per heavy atom. The van der Waals surface area contributed by atoms with Crippen LogP contribution in [-0.4, -0.2) is 0 Å². The van der Waals surface area contributed by atoms with Gasteiger partial charge in [-0.1, -0.05) is 58.6 Å². The normalized spacial score (nSPS) is 35.5. The van der Waals surface area contributed by atoms with Crippen molar-refractivity contribution in [3.05, 3.63) is 11.6 Å². The highest BCUT2D eigenvalue weighted by Gasteiger charge is 2.56. The fraction of sp³-hybridized carbons (Fsp3) is 0.875. The van der Waals surface area contributed by atoms with Crippen molar-refractivity contribution in [2.45, 2.75) is 72.6 Å². The van der Waals surface area contributed by atoms with Gasteiger partial charge in [-0.2, -0.15) is 0 Å². The van der Waals surface area contributed by atoms with Gasteiger partial charge in [-0.25, -0.2) is 0 Å². The van der Waals surface area contributed by atoms with Crippen molar-refractivity contribution in [3.8, 4) is 0 Å². The lowest BCUT2D eigenvalue weighted by atomic mass is 9.67. The molecule has 2 atom stereocenters. The minimum Gasteiger partial charge on any atom is -0.0811 e. The van der Waals surface area contributed by atoms with Gasteiger partial charge in [0.1, 0.15) is 0 Å². The molecule has 0 saturated heterocycles. The Hall–Kier alpha value is -0.260. The Morgan fingerprint density at radius 2 is 1.94 bits per heavy atom. The van der Waals surface area contributed by atoms with Crippen molar-refractivity contribution in [3.63, 3.8) is 0 Å². The lowest BCUT2D eigenvalue weighted by molar-refractivity contribution is 0.167. The minimum atomic E-state index is 0.532. The molecule has 0 N–H and O–H groups in total. The summed E-state index contributed by atoms with van der Waals surface area (Å²) in [5.41, 5.74) is 2.86. The molecule has 0 aromatic heterocycles. The second kappa shape index (κ2) is 4.20. The van der Waals surface area contributed by atoms with Crippen LogP contribution >= 0.6 is 0 Å². The second-order valence-electron chi connectivity index (χ2n) is 6.70. The Bertz CT molecular complexity index is 284. The number of hydrogen-bond acceptors (Lipinski definition) is 0. The first-order valence-electron chi connectivity index (χ1n) is 7.23. The molecule has 0 spiro atoms. The van der Waals surface area contributed by atoms with Crippen LogP contribution in [0.5, 0.6) is 0 Å². The molecule has 2 unspecified atom stereocenters. The molecular weight excluding hydrogens is 192 g/mol. The predicted octanol–water partition coefficient (Wildman–Crippen LogP) is 5.34. The molecular formula is C16H28. The summed E-state index contributed by atoms with van der Waals surface area (Å²) in [7, 11) is 0. The Morgan fingerprint density at radius 3 is 2.44 bits per heavy atom. The minimum absolute atomic E-state index is 0.532. The van der Waals surface area contributed by atoms with Gasteiger partial charge in [-0.3, -0.25) is 0 Å². The third kappa shape index (κ3) is 1.65. The molecule has 2 aliphatic carbocycles. The number of rotatable bonds is 5. The summed E-state index contributed by atoms with van der Waals surface area (Å²) in [6.07, 6.45) is 12.5. The molecule has 0 amide bonds. The third-order valence-corrected chi connectivity index (χ3v) is 5.72. The van der Waals surface area contributed by atoms with Crippen LogP contribution in [0.15, 0.2) is 11.6 Å². The molecule has 2 bridgehead atoms. The first-order valence-corrected chi connectivity index (χ1v) is 7.23. The van der Waals surface area contributed by atoms with E-state index in [1.807, 2.05) is 0 Å². The molecule has 1 fully saturated rings. The van der Waals surface area contributed by atoms with Gasteiger partial charge >= 0.3 is 0 Å². The lowest BCUT2D eigenvalue weighted by Gasteiger charge is -2.37. The second-order valence-corrected chi connectivity index (χ2v) is 6.70. The van der Waals surface area contributed by atoms with Gasteiger partial charge in [0.15, 0.2) is 0 Å². The number of unbranched alkanes of at least 4 members (excludes halogenated alkanes) is 3. The Balaban J connectivity index is 1.95. The molecule has 0 aliphatic heterocycles. The van der Waals surface area contributed by atoms with Crippen LogP contribution in [0.25, 0.3) is 0 Å². The first-order chi connectivity index (χ1) is 7.52. The van der Waals surface area contributed by atoms with Crippen LogP contribution in [0.2, 0.25) is 0 Å². The standard InChI is InChI=1S/C16H28/c1-5-6-7-8-9-14-12-13-10-11-16(14,4)15(13,2)3/h12-13H,5-11H2,1-4H3. The molecule has 1 saturated carbocycles. The summed E-state index contributed by atoms with van der Waals surface area (Å²) >= 11 is 0. The third-order valence-electron chi connectivity index (χ3n) is 5.72. The van der Waals surface area contributed by atoms with E-state index in [1.165, 1.54) is 44.9 Å². The highest BCUT2D eigenvalue weighted by atomic mass is 14.6. The Kier molecular flexibility index (Phi) is 3.20. The lowest BCUT2D eigenvalue weighted by Crippen LogP contribution is -2.30. The number of allylic oxidation sites excluding steroid dienone is 2. The van der Waals surface area contributed by atoms with E-state index in [2.05, 4.69) is 33.8 Å². The SMILES string of the molecule is CCCCCCC1=CC2CCC1(C)C2(C)C. The van der Waals surface area contributed by atoms with Crippen molar-refractivity contribution < 1.29 is 0 Å². The van der Waals surface area contributed by atoms with Crippen LogP contribution in [0.1, 0.15) is 72.6 Å². The molecule has 0 heteroatoms. The monoisotopic (exact) mass is 220 g/mol. The maximum Gasteiger partial charge on any atom is -0.00593 e. The summed E-state index contributed by atoms with van der Waals surface area (Å²) in [6.45, 7) is 9.79. The first kappa shape index (κ1) is 12.2. The maximum absolute atomic E-state index is 2.63. The van der Waals surface area contributed by atoms with Crippen molar-refractivity contribution in [1.29, 1.82) is 0 Å². The van der Waals surface area contributed by atoms with Crippen molar-refractivity contribution in [1.82, 2.24) is 0 Å². The molecule has 0 aromatic rings. The fourth-order valence-electron chi connectivity index (χ4n) is 3.93. The smallest absolute Gasteiger partial charge is 0.00593 e. The van der Waals surface area contributed by atoms with E-state index < -0.39 is 0 Å². The zero-order valence-electron chi connectivity index (χ0n) is 11.6. The topological polar surface area (TPSA) is 0 Å². The van der Waals surface area contributed by atoms with Gasteiger partial charge in [0.2, 0.25) is 0 Å². The van der Waals surface area contributed by atoms with Crippen molar-refractivity contribution in [2.24, 2.45) is 16.7 Å². The van der Waals surface area contributed by atoms with Crippen LogP contribution in [0, 0.1) is 16.7 Å². The van der Waals surface area contributed by atoms with Gasteiger partial charge in [-0.05, 0) is 42.4 Å². The molecule has 92 valence electrons. The highest BCUT2D eigenvalue weighted by molar-refractivity contribution is 5.31. The molecule has 16 heavy (non-hydrogen) atoms. The van der Waals surface area contributed by atoms with Crippen LogP contribution < -0.4 is 0 Å².